The van der Waals surface area contributed by atoms with E-state index in [0.717, 1.165) is 11.8 Å². The van der Waals surface area contributed by atoms with Crippen molar-refractivity contribution in [2.45, 2.75) is 45.6 Å². The summed E-state index contributed by atoms with van der Waals surface area (Å²) in [7, 11) is 2.10. The molecule has 1 aliphatic rings. The fourth-order valence-corrected chi connectivity index (χ4v) is 2.67. The van der Waals surface area contributed by atoms with Crippen molar-refractivity contribution in [1.29, 1.82) is 0 Å². The highest BCUT2D eigenvalue weighted by Crippen LogP contribution is 2.41. The summed E-state index contributed by atoms with van der Waals surface area (Å²) in [5, 5.41) is 3.48. The zero-order valence-corrected chi connectivity index (χ0v) is 11.5. The fourth-order valence-electron chi connectivity index (χ4n) is 2.67. The predicted octanol–water partition coefficient (Wildman–Crippen LogP) is 3.60. The van der Waals surface area contributed by atoms with Gasteiger partial charge in [0.1, 0.15) is 0 Å². The lowest BCUT2D eigenvalue weighted by atomic mass is 9.97. The minimum Gasteiger partial charge on any atom is -0.316 e. The average molecular weight is 231 g/mol. The topological polar surface area (TPSA) is 12.0 Å². The molecule has 0 amide bonds. The molecule has 0 aliphatic heterocycles. The van der Waals surface area contributed by atoms with Gasteiger partial charge in [-0.1, -0.05) is 45.0 Å². The standard InChI is InChI=1S/C16H25N/c1-11(2)14-7-5-13(6-8-14)10-16(17-4)15-9-12(15)3/h5-8,11-12,15-17H,9-10H2,1-4H3. The Labute approximate surface area is 106 Å². The van der Waals surface area contributed by atoms with Gasteiger partial charge in [-0.15, -0.1) is 0 Å². The maximum absolute atomic E-state index is 3.48. The van der Waals surface area contributed by atoms with Gasteiger partial charge in [-0.3, -0.25) is 0 Å². The normalized spacial score (nSPS) is 25.0. The molecular formula is C16H25N. The van der Waals surface area contributed by atoms with E-state index in [1.54, 1.807) is 0 Å². The second kappa shape index (κ2) is 5.22. The zero-order chi connectivity index (χ0) is 12.4. The first kappa shape index (κ1) is 12.6. The van der Waals surface area contributed by atoms with Gasteiger partial charge in [0.25, 0.3) is 0 Å². The number of rotatable bonds is 5. The first-order chi connectivity index (χ1) is 8.11. The summed E-state index contributed by atoms with van der Waals surface area (Å²) >= 11 is 0. The Kier molecular flexibility index (Phi) is 3.88. The molecule has 0 aromatic heterocycles. The fraction of sp³-hybridized carbons (Fsp3) is 0.625. The highest BCUT2D eigenvalue weighted by molar-refractivity contribution is 5.25. The van der Waals surface area contributed by atoms with E-state index in [4.69, 9.17) is 0 Å². The molecule has 17 heavy (non-hydrogen) atoms. The molecule has 0 heterocycles. The van der Waals surface area contributed by atoms with Gasteiger partial charge in [-0.05, 0) is 48.8 Å². The largest absolute Gasteiger partial charge is 0.316 e. The molecule has 94 valence electrons. The van der Waals surface area contributed by atoms with E-state index in [1.807, 2.05) is 0 Å². The molecule has 3 atom stereocenters. The number of likely N-dealkylation sites (N-methyl/N-ethyl adjacent to an activating group) is 1. The molecule has 0 spiro atoms. The van der Waals surface area contributed by atoms with Crippen molar-refractivity contribution < 1.29 is 0 Å². The lowest BCUT2D eigenvalue weighted by Gasteiger charge is -2.16. The smallest absolute Gasteiger partial charge is 0.0135 e. The highest BCUT2D eigenvalue weighted by Gasteiger charge is 2.38. The van der Waals surface area contributed by atoms with Crippen LogP contribution >= 0.6 is 0 Å². The zero-order valence-electron chi connectivity index (χ0n) is 11.5. The summed E-state index contributed by atoms with van der Waals surface area (Å²) in [6, 6.07) is 9.82. The molecule has 2 rings (SSSR count). The first-order valence-electron chi connectivity index (χ1n) is 6.88. The highest BCUT2D eigenvalue weighted by atomic mass is 14.9. The van der Waals surface area contributed by atoms with Crippen LogP contribution in [0.4, 0.5) is 0 Å². The second-order valence-corrected chi connectivity index (χ2v) is 5.87. The Balaban J connectivity index is 1.98. The van der Waals surface area contributed by atoms with Crippen LogP contribution in [0.1, 0.15) is 44.2 Å². The van der Waals surface area contributed by atoms with Crippen LogP contribution in [-0.4, -0.2) is 13.1 Å². The Morgan fingerprint density at radius 1 is 1.24 bits per heavy atom. The van der Waals surface area contributed by atoms with Crippen LogP contribution in [-0.2, 0) is 6.42 Å². The van der Waals surface area contributed by atoms with E-state index in [9.17, 15) is 0 Å². The van der Waals surface area contributed by atoms with Crippen LogP contribution in [0.5, 0.6) is 0 Å². The minimum absolute atomic E-state index is 0.632. The molecule has 0 radical (unpaired) electrons. The Morgan fingerprint density at radius 3 is 2.24 bits per heavy atom. The number of hydrogen-bond acceptors (Lipinski definition) is 1. The van der Waals surface area contributed by atoms with E-state index < -0.39 is 0 Å². The van der Waals surface area contributed by atoms with Gasteiger partial charge in [0.15, 0.2) is 0 Å². The van der Waals surface area contributed by atoms with Crippen LogP contribution in [0.15, 0.2) is 24.3 Å². The molecule has 1 heteroatoms. The van der Waals surface area contributed by atoms with Gasteiger partial charge < -0.3 is 5.32 Å². The molecule has 3 unspecified atom stereocenters. The third-order valence-electron chi connectivity index (χ3n) is 4.16. The molecule has 1 aliphatic carbocycles. The lowest BCUT2D eigenvalue weighted by Crippen LogP contribution is -2.30. The summed E-state index contributed by atoms with van der Waals surface area (Å²) < 4.78 is 0. The van der Waals surface area contributed by atoms with E-state index in [2.05, 4.69) is 57.4 Å². The van der Waals surface area contributed by atoms with Crippen molar-refractivity contribution in [2.24, 2.45) is 11.8 Å². The number of hydrogen-bond donors (Lipinski definition) is 1. The van der Waals surface area contributed by atoms with E-state index >= 15 is 0 Å². The van der Waals surface area contributed by atoms with Crippen molar-refractivity contribution >= 4 is 0 Å². The van der Waals surface area contributed by atoms with Crippen LogP contribution < -0.4 is 5.32 Å². The molecule has 0 saturated heterocycles. The Bertz CT molecular complexity index is 352. The molecule has 1 aromatic carbocycles. The monoisotopic (exact) mass is 231 g/mol. The summed E-state index contributed by atoms with van der Waals surface area (Å²) in [5.74, 6) is 2.44. The van der Waals surface area contributed by atoms with Gasteiger partial charge in [-0.25, -0.2) is 0 Å². The van der Waals surface area contributed by atoms with Gasteiger partial charge in [0, 0.05) is 6.04 Å². The van der Waals surface area contributed by atoms with Gasteiger partial charge in [0.2, 0.25) is 0 Å². The van der Waals surface area contributed by atoms with E-state index in [0.29, 0.717) is 12.0 Å². The van der Waals surface area contributed by atoms with Crippen LogP contribution in [0.25, 0.3) is 0 Å². The van der Waals surface area contributed by atoms with Gasteiger partial charge >= 0.3 is 0 Å². The summed E-state index contributed by atoms with van der Waals surface area (Å²) in [4.78, 5) is 0. The Hall–Kier alpha value is -0.820. The van der Waals surface area contributed by atoms with Crippen LogP contribution in [0.2, 0.25) is 0 Å². The molecule has 1 aromatic rings. The van der Waals surface area contributed by atoms with Crippen molar-refractivity contribution in [2.75, 3.05) is 7.05 Å². The molecule has 1 nitrogen and oxygen atoms in total. The summed E-state index contributed by atoms with van der Waals surface area (Å²) in [6.07, 6.45) is 2.57. The van der Waals surface area contributed by atoms with Gasteiger partial charge in [0.05, 0.1) is 0 Å². The van der Waals surface area contributed by atoms with Crippen molar-refractivity contribution in [3.8, 4) is 0 Å². The third-order valence-corrected chi connectivity index (χ3v) is 4.16. The van der Waals surface area contributed by atoms with Crippen molar-refractivity contribution in [1.82, 2.24) is 5.32 Å². The lowest BCUT2D eigenvalue weighted by molar-refractivity contribution is 0.479. The maximum Gasteiger partial charge on any atom is 0.0135 e. The molecule has 1 fully saturated rings. The second-order valence-electron chi connectivity index (χ2n) is 5.87. The van der Waals surface area contributed by atoms with Crippen molar-refractivity contribution in [3.05, 3.63) is 35.4 Å². The third kappa shape index (κ3) is 3.10. The number of benzene rings is 1. The summed E-state index contributed by atoms with van der Waals surface area (Å²) in [5.41, 5.74) is 2.90. The van der Waals surface area contributed by atoms with E-state index in [1.165, 1.54) is 24.0 Å². The quantitative estimate of drug-likeness (QED) is 0.816. The molecular weight excluding hydrogens is 206 g/mol. The SMILES string of the molecule is CNC(Cc1ccc(C(C)C)cc1)C1CC1C. The Morgan fingerprint density at radius 2 is 1.82 bits per heavy atom. The minimum atomic E-state index is 0.632. The summed E-state index contributed by atoms with van der Waals surface area (Å²) in [6.45, 7) is 6.85. The first-order valence-corrected chi connectivity index (χ1v) is 6.88. The van der Waals surface area contributed by atoms with E-state index in [-0.39, 0.29) is 0 Å². The maximum atomic E-state index is 3.48. The van der Waals surface area contributed by atoms with Crippen LogP contribution in [0.3, 0.4) is 0 Å². The molecule has 1 N–H and O–H groups in total. The average Bonchev–Trinajstić information content (AvgIpc) is 3.04. The number of nitrogens with one attached hydrogen (secondary N) is 1. The predicted molar refractivity (Wildman–Crippen MR) is 74.4 cm³/mol. The molecule has 0 bridgehead atoms. The van der Waals surface area contributed by atoms with Crippen molar-refractivity contribution in [3.63, 3.8) is 0 Å². The van der Waals surface area contributed by atoms with Crippen LogP contribution in [0, 0.1) is 11.8 Å². The molecule has 1 saturated carbocycles. The van der Waals surface area contributed by atoms with Gasteiger partial charge in [-0.2, -0.15) is 0 Å².